The van der Waals surface area contributed by atoms with Crippen molar-refractivity contribution in [2.24, 2.45) is 0 Å². The number of hydrogen-bond acceptors (Lipinski definition) is 2. The number of rotatable bonds is 6. The molecule has 0 aliphatic rings. The van der Waals surface area contributed by atoms with Crippen molar-refractivity contribution in [2.45, 2.75) is 26.3 Å². The largest absolute Gasteiger partial charge is 0.379 e. The third kappa shape index (κ3) is 9.48. The van der Waals surface area contributed by atoms with Crippen LogP contribution in [0, 0.1) is 12.3 Å². The summed E-state index contributed by atoms with van der Waals surface area (Å²) < 4.78 is 5.22. The lowest BCUT2D eigenvalue weighted by Gasteiger charge is -2.07. The quantitative estimate of drug-likeness (QED) is 0.457. The van der Waals surface area contributed by atoms with E-state index in [-0.39, 0.29) is 0 Å². The summed E-state index contributed by atoms with van der Waals surface area (Å²) in [4.78, 5) is 0. The molecule has 1 N–H and O–H groups in total. The maximum atomic E-state index is 5.22. The predicted octanol–water partition coefficient (Wildman–Crippen LogP) is 1.02. The number of ether oxygens (including phenoxy) is 1. The van der Waals surface area contributed by atoms with Crippen LogP contribution < -0.4 is 5.32 Å². The van der Waals surface area contributed by atoms with Crippen LogP contribution in [0.2, 0.25) is 0 Å². The summed E-state index contributed by atoms with van der Waals surface area (Å²) in [6.45, 7) is 6.56. The van der Waals surface area contributed by atoms with E-state index in [1.54, 1.807) is 0 Å². The molecule has 0 saturated carbocycles. The van der Waals surface area contributed by atoms with Gasteiger partial charge in [0.15, 0.2) is 0 Å². The third-order valence-corrected chi connectivity index (χ3v) is 1.19. The molecule has 0 aliphatic heterocycles. The van der Waals surface area contributed by atoms with Gasteiger partial charge in [0.1, 0.15) is 0 Å². The molecule has 0 unspecified atom stereocenters. The second-order valence-corrected chi connectivity index (χ2v) is 2.68. The Morgan fingerprint density at radius 3 is 2.73 bits per heavy atom. The molecule has 0 aromatic carbocycles. The fourth-order valence-electron chi connectivity index (χ4n) is 0.653. The van der Waals surface area contributed by atoms with Gasteiger partial charge in [-0.3, -0.25) is 0 Å². The van der Waals surface area contributed by atoms with Crippen molar-refractivity contribution in [3.8, 4) is 12.3 Å². The summed E-state index contributed by atoms with van der Waals surface area (Å²) in [5.41, 5.74) is 0. The monoisotopic (exact) mass is 155 g/mol. The molecule has 2 heteroatoms. The average molecular weight is 155 g/mol. The molecular formula is C9H17NO. The van der Waals surface area contributed by atoms with E-state index in [1.807, 2.05) is 0 Å². The summed E-state index contributed by atoms with van der Waals surface area (Å²) in [6, 6.07) is 0.534. The Hall–Kier alpha value is -0.520. The molecule has 0 aromatic heterocycles. The summed E-state index contributed by atoms with van der Waals surface area (Å²) in [6.07, 6.45) is 5.76. The summed E-state index contributed by atoms with van der Waals surface area (Å²) in [5, 5.41) is 3.25. The van der Waals surface area contributed by atoms with Crippen molar-refractivity contribution in [3.05, 3.63) is 0 Å². The van der Waals surface area contributed by atoms with Gasteiger partial charge in [-0.25, -0.2) is 0 Å². The molecule has 0 heterocycles. The van der Waals surface area contributed by atoms with Crippen LogP contribution in [0.4, 0.5) is 0 Å². The van der Waals surface area contributed by atoms with Gasteiger partial charge in [0.2, 0.25) is 0 Å². The van der Waals surface area contributed by atoms with Crippen molar-refractivity contribution in [3.63, 3.8) is 0 Å². The lowest BCUT2D eigenvalue weighted by Crippen LogP contribution is -2.26. The zero-order valence-corrected chi connectivity index (χ0v) is 7.39. The van der Waals surface area contributed by atoms with Crippen LogP contribution in [0.25, 0.3) is 0 Å². The van der Waals surface area contributed by atoms with E-state index in [0.29, 0.717) is 19.1 Å². The first-order valence-corrected chi connectivity index (χ1v) is 4.02. The number of hydrogen-bond donors (Lipinski definition) is 1. The SMILES string of the molecule is C#CCCOCCNC(C)C. The first-order chi connectivity index (χ1) is 5.27. The Bertz CT molecular complexity index is 115. The Morgan fingerprint density at radius 1 is 1.45 bits per heavy atom. The minimum Gasteiger partial charge on any atom is -0.379 e. The van der Waals surface area contributed by atoms with Crippen LogP contribution in [-0.2, 0) is 4.74 Å². The first-order valence-electron chi connectivity index (χ1n) is 4.02. The van der Waals surface area contributed by atoms with Crippen molar-refractivity contribution >= 4 is 0 Å². The Labute approximate surface area is 69.3 Å². The van der Waals surface area contributed by atoms with Gasteiger partial charge in [-0.15, -0.1) is 12.3 Å². The molecule has 0 radical (unpaired) electrons. The smallest absolute Gasteiger partial charge is 0.0591 e. The molecule has 2 nitrogen and oxygen atoms in total. The molecule has 0 rings (SSSR count). The first kappa shape index (κ1) is 10.5. The van der Waals surface area contributed by atoms with Gasteiger partial charge in [-0.2, -0.15) is 0 Å². The van der Waals surface area contributed by atoms with E-state index in [2.05, 4.69) is 25.1 Å². The summed E-state index contributed by atoms with van der Waals surface area (Å²) in [5.74, 6) is 2.52. The molecule has 11 heavy (non-hydrogen) atoms. The van der Waals surface area contributed by atoms with Gasteiger partial charge in [0, 0.05) is 19.0 Å². The summed E-state index contributed by atoms with van der Waals surface area (Å²) >= 11 is 0. The van der Waals surface area contributed by atoms with Crippen molar-refractivity contribution < 1.29 is 4.74 Å². The molecule has 0 bridgehead atoms. The van der Waals surface area contributed by atoms with Crippen molar-refractivity contribution in [1.82, 2.24) is 5.32 Å². The normalized spacial score (nSPS) is 10.0. The zero-order chi connectivity index (χ0) is 8.53. The van der Waals surface area contributed by atoms with Crippen molar-refractivity contribution in [1.29, 1.82) is 0 Å². The highest BCUT2D eigenvalue weighted by molar-refractivity contribution is 4.82. The topological polar surface area (TPSA) is 21.3 Å². The molecular weight excluding hydrogens is 138 g/mol. The lowest BCUT2D eigenvalue weighted by molar-refractivity contribution is 0.140. The number of nitrogens with one attached hydrogen (secondary N) is 1. The fourth-order valence-corrected chi connectivity index (χ4v) is 0.653. The van der Waals surface area contributed by atoms with Crippen LogP contribution >= 0.6 is 0 Å². The molecule has 0 amide bonds. The average Bonchev–Trinajstić information content (AvgIpc) is 1.96. The zero-order valence-electron chi connectivity index (χ0n) is 7.39. The molecule has 0 saturated heterocycles. The van der Waals surface area contributed by atoms with Gasteiger partial charge in [-0.05, 0) is 0 Å². The van der Waals surface area contributed by atoms with Crippen LogP contribution in [0.3, 0.4) is 0 Å². The van der Waals surface area contributed by atoms with E-state index < -0.39 is 0 Å². The number of terminal acetylenes is 1. The molecule has 0 aliphatic carbocycles. The van der Waals surface area contributed by atoms with E-state index >= 15 is 0 Å². The molecule has 0 fully saturated rings. The van der Waals surface area contributed by atoms with E-state index in [9.17, 15) is 0 Å². The van der Waals surface area contributed by atoms with E-state index in [0.717, 1.165) is 13.2 Å². The van der Waals surface area contributed by atoms with Gasteiger partial charge in [-0.1, -0.05) is 13.8 Å². The van der Waals surface area contributed by atoms with Crippen LogP contribution in [0.15, 0.2) is 0 Å². The fraction of sp³-hybridized carbons (Fsp3) is 0.778. The lowest BCUT2D eigenvalue weighted by atomic mass is 10.4. The maximum Gasteiger partial charge on any atom is 0.0591 e. The highest BCUT2D eigenvalue weighted by atomic mass is 16.5. The Kier molecular flexibility index (Phi) is 7.23. The van der Waals surface area contributed by atoms with Gasteiger partial charge < -0.3 is 10.1 Å². The van der Waals surface area contributed by atoms with Crippen LogP contribution in [0.5, 0.6) is 0 Å². The van der Waals surface area contributed by atoms with Crippen LogP contribution in [0.1, 0.15) is 20.3 Å². The standard InChI is InChI=1S/C9H17NO/c1-4-5-7-11-8-6-10-9(2)3/h1,9-10H,5-8H2,2-3H3. The van der Waals surface area contributed by atoms with Gasteiger partial charge in [0.25, 0.3) is 0 Å². The van der Waals surface area contributed by atoms with Crippen LogP contribution in [-0.4, -0.2) is 25.8 Å². The van der Waals surface area contributed by atoms with Crippen molar-refractivity contribution in [2.75, 3.05) is 19.8 Å². The predicted molar refractivity (Wildman–Crippen MR) is 47.4 cm³/mol. The highest BCUT2D eigenvalue weighted by Crippen LogP contribution is 1.80. The minimum atomic E-state index is 0.534. The second kappa shape index (κ2) is 7.59. The maximum absolute atomic E-state index is 5.22. The van der Waals surface area contributed by atoms with Gasteiger partial charge >= 0.3 is 0 Å². The highest BCUT2D eigenvalue weighted by Gasteiger charge is 1.90. The molecule has 64 valence electrons. The second-order valence-electron chi connectivity index (χ2n) is 2.68. The molecule has 0 aromatic rings. The van der Waals surface area contributed by atoms with E-state index in [1.165, 1.54) is 0 Å². The molecule has 0 spiro atoms. The Morgan fingerprint density at radius 2 is 2.18 bits per heavy atom. The molecule has 0 atom stereocenters. The van der Waals surface area contributed by atoms with Gasteiger partial charge in [0.05, 0.1) is 13.2 Å². The minimum absolute atomic E-state index is 0.534. The Balaban J connectivity index is 2.86. The van der Waals surface area contributed by atoms with E-state index in [4.69, 9.17) is 11.2 Å². The summed E-state index contributed by atoms with van der Waals surface area (Å²) in [7, 11) is 0. The third-order valence-electron chi connectivity index (χ3n) is 1.19.